The first-order valence-electron chi connectivity index (χ1n) is 8.40. The maximum absolute atomic E-state index is 6.44. The van der Waals surface area contributed by atoms with Crippen molar-refractivity contribution in [3.8, 4) is 11.3 Å². The van der Waals surface area contributed by atoms with Gasteiger partial charge in [0.05, 0.1) is 5.69 Å². The SMILES string of the molecule is Cc1ccc(-c2cccc3c2oc2c3ccc3sc(C)c(C)c32)nc1. The van der Waals surface area contributed by atoms with Gasteiger partial charge in [-0.1, -0.05) is 18.2 Å². The van der Waals surface area contributed by atoms with E-state index in [4.69, 9.17) is 4.42 Å². The fourth-order valence-electron chi connectivity index (χ4n) is 3.53. The summed E-state index contributed by atoms with van der Waals surface area (Å²) < 4.78 is 7.73. The van der Waals surface area contributed by atoms with Crippen molar-refractivity contribution in [1.29, 1.82) is 0 Å². The van der Waals surface area contributed by atoms with Crippen LogP contribution in [0.25, 0.3) is 43.3 Å². The van der Waals surface area contributed by atoms with E-state index in [1.807, 2.05) is 17.5 Å². The minimum atomic E-state index is 0.921. The van der Waals surface area contributed by atoms with Crippen molar-refractivity contribution in [2.75, 3.05) is 0 Å². The fraction of sp³-hybridized carbons (Fsp3) is 0.136. The molecule has 0 spiro atoms. The van der Waals surface area contributed by atoms with E-state index in [9.17, 15) is 0 Å². The average Bonchev–Trinajstić information content (AvgIpc) is 3.13. The van der Waals surface area contributed by atoms with Gasteiger partial charge in [0.15, 0.2) is 0 Å². The summed E-state index contributed by atoms with van der Waals surface area (Å²) in [7, 11) is 0. The fourth-order valence-corrected chi connectivity index (χ4v) is 4.60. The monoisotopic (exact) mass is 343 g/mol. The van der Waals surface area contributed by atoms with E-state index in [0.717, 1.165) is 33.4 Å². The summed E-state index contributed by atoms with van der Waals surface area (Å²) in [4.78, 5) is 5.95. The van der Waals surface area contributed by atoms with Crippen LogP contribution in [0.1, 0.15) is 16.0 Å². The molecule has 3 heteroatoms. The van der Waals surface area contributed by atoms with Gasteiger partial charge in [-0.15, -0.1) is 11.3 Å². The highest BCUT2D eigenvalue weighted by Crippen LogP contribution is 2.41. The highest BCUT2D eigenvalue weighted by Gasteiger charge is 2.17. The summed E-state index contributed by atoms with van der Waals surface area (Å²) in [5.74, 6) is 0. The molecule has 0 aliphatic carbocycles. The van der Waals surface area contributed by atoms with Crippen molar-refractivity contribution < 1.29 is 4.42 Å². The van der Waals surface area contributed by atoms with Crippen LogP contribution >= 0.6 is 11.3 Å². The molecule has 0 aliphatic heterocycles. The number of aromatic nitrogens is 1. The largest absolute Gasteiger partial charge is 0.455 e. The number of benzene rings is 2. The third-order valence-corrected chi connectivity index (χ3v) is 6.15. The van der Waals surface area contributed by atoms with Crippen LogP contribution in [0.15, 0.2) is 53.1 Å². The van der Waals surface area contributed by atoms with Crippen LogP contribution in [0.2, 0.25) is 0 Å². The highest BCUT2D eigenvalue weighted by molar-refractivity contribution is 7.19. The van der Waals surface area contributed by atoms with Crippen LogP contribution in [-0.4, -0.2) is 4.98 Å². The zero-order valence-electron chi connectivity index (χ0n) is 14.4. The zero-order valence-corrected chi connectivity index (χ0v) is 15.2. The first kappa shape index (κ1) is 14.7. The van der Waals surface area contributed by atoms with Crippen molar-refractivity contribution in [3.63, 3.8) is 0 Å². The predicted molar refractivity (Wildman–Crippen MR) is 107 cm³/mol. The number of hydrogen-bond donors (Lipinski definition) is 0. The molecule has 0 unspecified atom stereocenters. The number of fused-ring (bicyclic) bond motifs is 5. The van der Waals surface area contributed by atoms with Crippen LogP contribution in [0, 0.1) is 20.8 Å². The molecule has 5 rings (SSSR count). The van der Waals surface area contributed by atoms with Gasteiger partial charge in [0.1, 0.15) is 11.2 Å². The van der Waals surface area contributed by atoms with E-state index in [1.165, 1.54) is 25.9 Å². The Bertz CT molecular complexity index is 1260. The van der Waals surface area contributed by atoms with E-state index >= 15 is 0 Å². The maximum Gasteiger partial charge on any atom is 0.144 e. The van der Waals surface area contributed by atoms with Gasteiger partial charge in [-0.05, 0) is 56.2 Å². The second-order valence-corrected chi connectivity index (χ2v) is 7.86. The Hall–Kier alpha value is -2.65. The summed E-state index contributed by atoms with van der Waals surface area (Å²) >= 11 is 1.83. The van der Waals surface area contributed by atoms with Gasteiger partial charge in [0.25, 0.3) is 0 Å². The molecule has 2 aromatic carbocycles. The average molecular weight is 343 g/mol. The number of aryl methyl sites for hydroxylation is 3. The summed E-state index contributed by atoms with van der Waals surface area (Å²) in [6.45, 7) is 6.41. The minimum absolute atomic E-state index is 0.921. The van der Waals surface area contributed by atoms with Gasteiger partial charge in [-0.3, -0.25) is 4.98 Å². The molecule has 0 saturated heterocycles. The molecule has 2 nitrogen and oxygen atoms in total. The van der Waals surface area contributed by atoms with Crippen molar-refractivity contribution >= 4 is 43.4 Å². The normalized spacial score (nSPS) is 11.8. The topological polar surface area (TPSA) is 26.0 Å². The van der Waals surface area contributed by atoms with Crippen LogP contribution < -0.4 is 0 Å². The molecule has 0 N–H and O–H groups in total. The molecule has 5 aromatic rings. The molecule has 0 atom stereocenters. The Morgan fingerprint density at radius 3 is 2.52 bits per heavy atom. The van der Waals surface area contributed by atoms with Gasteiger partial charge in [0, 0.05) is 37.5 Å². The van der Waals surface area contributed by atoms with Crippen molar-refractivity contribution in [1.82, 2.24) is 4.98 Å². The molecule has 25 heavy (non-hydrogen) atoms. The molecule has 0 aliphatic rings. The second kappa shape index (κ2) is 5.17. The van der Waals surface area contributed by atoms with Gasteiger partial charge in [-0.2, -0.15) is 0 Å². The molecule has 0 saturated carbocycles. The summed E-state index contributed by atoms with van der Waals surface area (Å²) in [6.07, 6.45) is 1.90. The number of pyridine rings is 1. The second-order valence-electron chi connectivity index (χ2n) is 6.60. The van der Waals surface area contributed by atoms with Crippen LogP contribution in [0.4, 0.5) is 0 Å². The lowest BCUT2D eigenvalue weighted by molar-refractivity contribution is 0.673. The number of para-hydroxylation sites is 1. The summed E-state index contributed by atoms with van der Waals surface area (Å²) in [5, 5.41) is 3.58. The van der Waals surface area contributed by atoms with E-state index in [-0.39, 0.29) is 0 Å². The molecule has 0 bridgehead atoms. The lowest BCUT2D eigenvalue weighted by atomic mass is 10.0. The third-order valence-electron chi connectivity index (χ3n) is 4.98. The summed E-state index contributed by atoms with van der Waals surface area (Å²) in [5.41, 5.74) is 6.39. The van der Waals surface area contributed by atoms with E-state index < -0.39 is 0 Å². The molecule has 3 aromatic heterocycles. The smallest absolute Gasteiger partial charge is 0.144 e. The standard InChI is InChI=1S/C22H17NOS/c1-12-7-9-18(23-11-12)17-6-4-5-15-16-8-10-19-20(13(2)14(3)25-19)22(16)24-21(15)17/h4-11H,1-3H3. The molecule has 0 radical (unpaired) electrons. The van der Waals surface area contributed by atoms with E-state index in [0.29, 0.717) is 0 Å². The molecule has 0 amide bonds. The van der Waals surface area contributed by atoms with Crippen LogP contribution in [-0.2, 0) is 0 Å². The Labute approximate surface area is 149 Å². The number of hydrogen-bond acceptors (Lipinski definition) is 3. The zero-order chi connectivity index (χ0) is 17.1. The van der Waals surface area contributed by atoms with Crippen LogP contribution in [0.5, 0.6) is 0 Å². The third kappa shape index (κ3) is 2.06. The molecule has 3 heterocycles. The number of furan rings is 1. The van der Waals surface area contributed by atoms with Gasteiger partial charge < -0.3 is 4.42 Å². The van der Waals surface area contributed by atoms with Gasteiger partial charge in [-0.25, -0.2) is 0 Å². The maximum atomic E-state index is 6.44. The van der Waals surface area contributed by atoms with Crippen molar-refractivity contribution in [2.24, 2.45) is 0 Å². The molecule has 122 valence electrons. The quantitative estimate of drug-likeness (QED) is 0.335. The Kier molecular flexibility index (Phi) is 3.03. The Morgan fingerprint density at radius 1 is 0.880 bits per heavy atom. The van der Waals surface area contributed by atoms with Crippen molar-refractivity contribution in [2.45, 2.75) is 20.8 Å². The van der Waals surface area contributed by atoms with E-state index in [1.54, 1.807) is 0 Å². The molecule has 0 fully saturated rings. The van der Waals surface area contributed by atoms with E-state index in [2.05, 4.69) is 68.2 Å². The lowest BCUT2D eigenvalue weighted by Crippen LogP contribution is -1.84. The first-order chi connectivity index (χ1) is 12.1. The van der Waals surface area contributed by atoms with Gasteiger partial charge >= 0.3 is 0 Å². The first-order valence-corrected chi connectivity index (χ1v) is 9.22. The number of rotatable bonds is 1. The molecular weight excluding hydrogens is 326 g/mol. The number of nitrogens with zero attached hydrogens (tertiary/aromatic N) is 1. The minimum Gasteiger partial charge on any atom is -0.455 e. The van der Waals surface area contributed by atoms with Crippen LogP contribution in [0.3, 0.4) is 0 Å². The highest BCUT2D eigenvalue weighted by atomic mass is 32.1. The van der Waals surface area contributed by atoms with Gasteiger partial charge in [0.2, 0.25) is 0 Å². The Morgan fingerprint density at radius 2 is 1.72 bits per heavy atom. The Balaban J connectivity index is 1.91. The predicted octanol–water partition coefficient (Wildman–Crippen LogP) is 6.79. The van der Waals surface area contributed by atoms with Crippen molar-refractivity contribution in [3.05, 3.63) is 64.7 Å². The summed E-state index contributed by atoms with van der Waals surface area (Å²) in [6, 6.07) is 14.9. The lowest BCUT2D eigenvalue weighted by Gasteiger charge is -2.02. The molecular formula is C22H17NOS. The number of thiophene rings is 1.